The molecule has 1 atom stereocenters. The summed E-state index contributed by atoms with van der Waals surface area (Å²) in [5.41, 5.74) is 4.90. The van der Waals surface area contributed by atoms with Gasteiger partial charge < -0.3 is 10.5 Å². The molecule has 0 saturated carbocycles. The van der Waals surface area contributed by atoms with Crippen LogP contribution in [0.4, 0.5) is 11.4 Å². The molecule has 1 aromatic carbocycles. The first kappa shape index (κ1) is 17.9. The number of nitrogens with zero attached hydrogens (tertiary/aromatic N) is 2. The number of carbonyl (C=O) groups is 1. The van der Waals surface area contributed by atoms with Gasteiger partial charge in [0.25, 0.3) is 11.4 Å². The number of hydrogen-bond donors (Lipinski definition) is 1. The molecular weight excluding hydrogens is 314 g/mol. The lowest BCUT2D eigenvalue weighted by Gasteiger charge is -2.10. The van der Waals surface area contributed by atoms with Crippen molar-refractivity contribution in [1.29, 1.82) is 0 Å². The van der Waals surface area contributed by atoms with Gasteiger partial charge in [0.2, 0.25) is 0 Å². The maximum atomic E-state index is 11.6. The molecular formula is C12H15N3O6S. The van der Waals surface area contributed by atoms with E-state index >= 15 is 0 Å². The van der Waals surface area contributed by atoms with E-state index < -0.39 is 33.2 Å². The van der Waals surface area contributed by atoms with Crippen LogP contribution in [-0.2, 0) is 16.1 Å². The molecule has 0 saturated heterocycles. The zero-order chi connectivity index (χ0) is 16.7. The highest BCUT2D eigenvalue weighted by Gasteiger charge is 2.19. The monoisotopic (exact) mass is 329 g/mol. The van der Waals surface area contributed by atoms with E-state index in [1.54, 1.807) is 0 Å². The number of carbonyl (C=O) groups excluding carboxylic acids is 1. The van der Waals surface area contributed by atoms with Gasteiger partial charge in [-0.3, -0.25) is 25.0 Å². The van der Waals surface area contributed by atoms with E-state index in [1.165, 1.54) is 11.8 Å². The second kappa shape index (κ2) is 8.29. The molecule has 0 aliphatic carbocycles. The van der Waals surface area contributed by atoms with Crippen molar-refractivity contribution in [3.05, 3.63) is 44.0 Å². The fraction of sp³-hybridized carbons (Fsp3) is 0.417. The summed E-state index contributed by atoms with van der Waals surface area (Å²) in [4.78, 5) is 31.6. The topological polar surface area (TPSA) is 139 Å². The number of ether oxygens (including phenoxy) is 1. The largest absolute Gasteiger partial charge is 0.460 e. The number of nitrogens with two attached hydrogens (primary N) is 1. The van der Waals surface area contributed by atoms with Crippen LogP contribution in [-0.4, -0.2) is 33.9 Å². The van der Waals surface area contributed by atoms with Gasteiger partial charge >= 0.3 is 5.97 Å². The standard InChI is InChI=1S/C12H15N3O6S/c1-22-3-2-11(13)12(16)21-7-8-4-9(14(17)18)6-10(5-8)15(19)20/h4-6,11H,2-3,7,13H2,1H3/t11-/m1/s1. The molecule has 0 amide bonds. The number of rotatable bonds is 8. The first-order chi connectivity index (χ1) is 10.3. The minimum absolute atomic E-state index is 0.159. The molecule has 0 unspecified atom stereocenters. The van der Waals surface area contributed by atoms with Crippen molar-refractivity contribution in [2.45, 2.75) is 19.1 Å². The third-order valence-corrected chi connectivity index (χ3v) is 3.34. The van der Waals surface area contributed by atoms with Gasteiger partial charge in [-0.1, -0.05) is 0 Å². The molecule has 22 heavy (non-hydrogen) atoms. The normalized spacial score (nSPS) is 11.7. The molecule has 0 aromatic heterocycles. The highest BCUT2D eigenvalue weighted by Crippen LogP contribution is 2.23. The summed E-state index contributed by atoms with van der Waals surface area (Å²) in [6, 6.07) is 2.29. The lowest BCUT2D eigenvalue weighted by molar-refractivity contribution is -0.394. The molecule has 2 N–H and O–H groups in total. The average molecular weight is 329 g/mol. The molecule has 0 bridgehead atoms. The predicted octanol–water partition coefficient (Wildman–Crippen LogP) is 1.63. The van der Waals surface area contributed by atoms with E-state index in [9.17, 15) is 25.0 Å². The molecule has 0 aliphatic heterocycles. The second-order valence-electron chi connectivity index (χ2n) is 4.37. The maximum absolute atomic E-state index is 11.6. The van der Waals surface area contributed by atoms with Gasteiger partial charge in [0.05, 0.1) is 15.9 Å². The van der Waals surface area contributed by atoms with Gasteiger partial charge in [-0.2, -0.15) is 11.8 Å². The molecule has 0 spiro atoms. The van der Waals surface area contributed by atoms with E-state index in [0.717, 1.165) is 18.2 Å². The molecule has 1 rings (SSSR count). The number of nitro benzene ring substituents is 2. The molecule has 0 heterocycles. The molecule has 0 fully saturated rings. The Bertz CT molecular complexity index is 548. The van der Waals surface area contributed by atoms with E-state index in [-0.39, 0.29) is 12.2 Å². The van der Waals surface area contributed by atoms with Crippen LogP contribution in [0.3, 0.4) is 0 Å². The van der Waals surface area contributed by atoms with Gasteiger partial charge in [0, 0.05) is 17.7 Å². The summed E-state index contributed by atoms with van der Waals surface area (Å²) in [7, 11) is 0. The molecule has 9 nitrogen and oxygen atoms in total. The molecule has 120 valence electrons. The number of benzene rings is 1. The van der Waals surface area contributed by atoms with Crippen LogP contribution in [0.25, 0.3) is 0 Å². The number of hydrogen-bond acceptors (Lipinski definition) is 8. The minimum atomic E-state index is -0.791. The third-order valence-electron chi connectivity index (χ3n) is 2.70. The number of esters is 1. The van der Waals surface area contributed by atoms with E-state index in [0.29, 0.717) is 12.2 Å². The highest BCUT2D eigenvalue weighted by atomic mass is 32.2. The fourth-order valence-corrected chi connectivity index (χ4v) is 2.06. The Morgan fingerprint density at radius 1 is 1.27 bits per heavy atom. The Morgan fingerprint density at radius 2 is 1.82 bits per heavy atom. The Morgan fingerprint density at radius 3 is 2.27 bits per heavy atom. The molecule has 0 aliphatic rings. The van der Waals surface area contributed by atoms with Crippen molar-refractivity contribution < 1.29 is 19.4 Å². The van der Waals surface area contributed by atoms with Crippen LogP contribution < -0.4 is 5.73 Å². The van der Waals surface area contributed by atoms with Crippen LogP contribution in [0.1, 0.15) is 12.0 Å². The van der Waals surface area contributed by atoms with Crippen LogP contribution in [0.5, 0.6) is 0 Å². The van der Waals surface area contributed by atoms with Gasteiger partial charge in [-0.15, -0.1) is 0 Å². The highest BCUT2D eigenvalue weighted by molar-refractivity contribution is 7.98. The lowest BCUT2D eigenvalue weighted by atomic mass is 10.2. The summed E-state index contributed by atoms with van der Waals surface area (Å²) in [5, 5.41) is 21.5. The first-order valence-corrected chi connectivity index (χ1v) is 7.58. The third kappa shape index (κ3) is 5.30. The van der Waals surface area contributed by atoms with Gasteiger partial charge in [-0.05, 0) is 18.4 Å². The number of non-ortho nitro benzene ring substituents is 2. The van der Waals surface area contributed by atoms with Crippen molar-refractivity contribution in [3.8, 4) is 0 Å². The smallest absolute Gasteiger partial charge is 0.323 e. The van der Waals surface area contributed by atoms with Crippen molar-refractivity contribution in [2.75, 3.05) is 12.0 Å². The first-order valence-electron chi connectivity index (χ1n) is 6.19. The Labute approximate surface area is 130 Å². The summed E-state index contributed by atoms with van der Waals surface area (Å²) >= 11 is 1.53. The summed E-state index contributed by atoms with van der Waals surface area (Å²) in [6.45, 7) is -0.311. The van der Waals surface area contributed by atoms with Gasteiger partial charge in [-0.25, -0.2) is 0 Å². The molecule has 1 aromatic rings. The lowest BCUT2D eigenvalue weighted by Crippen LogP contribution is -2.32. The summed E-state index contributed by atoms with van der Waals surface area (Å²) in [5.74, 6) is 0.0432. The van der Waals surface area contributed by atoms with Crippen molar-refractivity contribution in [2.24, 2.45) is 5.73 Å². The Kier molecular flexibility index (Phi) is 6.73. The Hall–Kier alpha value is -2.20. The SMILES string of the molecule is CSCC[C@@H](N)C(=O)OCc1cc([N+](=O)[O-])cc([N+](=O)[O-])c1. The van der Waals surface area contributed by atoms with Crippen molar-refractivity contribution in [3.63, 3.8) is 0 Å². The molecule has 0 radical (unpaired) electrons. The molecule has 10 heteroatoms. The fourth-order valence-electron chi connectivity index (χ4n) is 1.57. The van der Waals surface area contributed by atoms with Crippen molar-refractivity contribution in [1.82, 2.24) is 0 Å². The number of nitro groups is 2. The summed E-state index contributed by atoms with van der Waals surface area (Å²) < 4.78 is 4.94. The predicted molar refractivity (Wildman–Crippen MR) is 80.5 cm³/mol. The maximum Gasteiger partial charge on any atom is 0.323 e. The van der Waals surface area contributed by atoms with E-state index in [1.807, 2.05) is 6.26 Å². The zero-order valence-corrected chi connectivity index (χ0v) is 12.6. The zero-order valence-electron chi connectivity index (χ0n) is 11.8. The van der Waals surface area contributed by atoms with Crippen molar-refractivity contribution >= 4 is 29.1 Å². The second-order valence-corrected chi connectivity index (χ2v) is 5.35. The van der Waals surface area contributed by atoms with Crippen LogP contribution in [0.2, 0.25) is 0 Å². The van der Waals surface area contributed by atoms with E-state index in [2.05, 4.69) is 0 Å². The van der Waals surface area contributed by atoms with Crippen LogP contribution >= 0.6 is 11.8 Å². The van der Waals surface area contributed by atoms with Crippen LogP contribution in [0.15, 0.2) is 18.2 Å². The Balaban J connectivity index is 2.78. The van der Waals surface area contributed by atoms with Gasteiger partial charge in [0.15, 0.2) is 0 Å². The quantitative estimate of drug-likeness (QED) is 0.431. The van der Waals surface area contributed by atoms with Gasteiger partial charge in [0.1, 0.15) is 12.6 Å². The van der Waals surface area contributed by atoms with E-state index in [4.69, 9.17) is 10.5 Å². The summed E-state index contributed by atoms with van der Waals surface area (Å²) in [6.07, 6.45) is 2.31. The average Bonchev–Trinajstić information content (AvgIpc) is 2.49. The van der Waals surface area contributed by atoms with Crippen LogP contribution in [0, 0.1) is 20.2 Å². The minimum Gasteiger partial charge on any atom is -0.460 e. The number of thioether (sulfide) groups is 1.